The van der Waals surface area contributed by atoms with Gasteiger partial charge in [-0.3, -0.25) is 4.90 Å². The fourth-order valence-corrected chi connectivity index (χ4v) is 2.59. The summed E-state index contributed by atoms with van der Waals surface area (Å²) in [5, 5.41) is 3.50. The standard InChI is InChI=1S/C19H28N2O3/c1-14(2)24-19-15(8-6-9-18(19)22-5)12-20-13-16(21(3)4)17-10-7-11-23-17/h6-11,14,16,20H,12-13H2,1-5H3. The van der Waals surface area contributed by atoms with Crippen molar-refractivity contribution in [2.45, 2.75) is 32.5 Å². The summed E-state index contributed by atoms with van der Waals surface area (Å²) in [6, 6.07) is 10.1. The minimum absolute atomic E-state index is 0.0951. The molecule has 5 heteroatoms. The van der Waals surface area contributed by atoms with E-state index in [2.05, 4.69) is 16.3 Å². The molecule has 0 fully saturated rings. The normalized spacial score (nSPS) is 12.6. The number of furan rings is 1. The Bertz CT molecular complexity index is 609. The summed E-state index contributed by atoms with van der Waals surface area (Å²) in [7, 11) is 5.76. The number of para-hydroxylation sites is 1. The van der Waals surface area contributed by atoms with Crippen molar-refractivity contribution in [1.82, 2.24) is 10.2 Å². The van der Waals surface area contributed by atoms with Gasteiger partial charge in [-0.05, 0) is 46.1 Å². The van der Waals surface area contributed by atoms with Gasteiger partial charge in [0.05, 0.1) is 25.5 Å². The van der Waals surface area contributed by atoms with Crippen LogP contribution in [0, 0.1) is 0 Å². The summed E-state index contributed by atoms with van der Waals surface area (Å²) < 4.78 is 16.9. The summed E-state index contributed by atoms with van der Waals surface area (Å²) in [5.74, 6) is 2.52. The summed E-state index contributed by atoms with van der Waals surface area (Å²) >= 11 is 0. The predicted molar refractivity (Wildman–Crippen MR) is 95.6 cm³/mol. The number of nitrogens with zero attached hydrogens (tertiary/aromatic N) is 1. The zero-order valence-electron chi connectivity index (χ0n) is 15.2. The highest BCUT2D eigenvalue weighted by Crippen LogP contribution is 2.32. The Hall–Kier alpha value is -1.98. The minimum atomic E-state index is 0.0951. The number of ether oxygens (including phenoxy) is 2. The molecule has 0 spiro atoms. The van der Waals surface area contributed by atoms with Crippen LogP contribution < -0.4 is 14.8 Å². The Kier molecular flexibility index (Phi) is 6.70. The lowest BCUT2D eigenvalue weighted by Gasteiger charge is -2.23. The fourth-order valence-electron chi connectivity index (χ4n) is 2.59. The zero-order valence-corrected chi connectivity index (χ0v) is 15.2. The zero-order chi connectivity index (χ0) is 17.5. The molecular weight excluding hydrogens is 304 g/mol. The van der Waals surface area contributed by atoms with Crippen LogP contribution in [0.2, 0.25) is 0 Å². The number of benzene rings is 1. The van der Waals surface area contributed by atoms with Gasteiger partial charge in [0.15, 0.2) is 11.5 Å². The van der Waals surface area contributed by atoms with E-state index in [9.17, 15) is 0 Å². The molecular formula is C19H28N2O3. The summed E-state index contributed by atoms with van der Waals surface area (Å²) in [6.07, 6.45) is 1.81. The fraction of sp³-hybridized carbons (Fsp3) is 0.474. The van der Waals surface area contributed by atoms with E-state index in [1.807, 2.05) is 52.2 Å². The van der Waals surface area contributed by atoms with Gasteiger partial charge in [-0.2, -0.15) is 0 Å². The lowest BCUT2D eigenvalue weighted by molar-refractivity contribution is 0.225. The molecule has 24 heavy (non-hydrogen) atoms. The van der Waals surface area contributed by atoms with E-state index in [-0.39, 0.29) is 12.1 Å². The molecule has 0 bridgehead atoms. The Morgan fingerprint density at radius 3 is 2.54 bits per heavy atom. The van der Waals surface area contributed by atoms with Crippen LogP contribution in [0.4, 0.5) is 0 Å². The Labute approximate surface area is 144 Å². The number of likely N-dealkylation sites (N-methyl/N-ethyl adjacent to an activating group) is 1. The van der Waals surface area contributed by atoms with Crippen molar-refractivity contribution in [2.75, 3.05) is 27.7 Å². The smallest absolute Gasteiger partial charge is 0.166 e. The maximum atomic E-state index is 5.95. The van der Waals surface area contributed by atoms with Crippen molar-refractivity contribution in [3.8, 4) is 11.5 Å². The van der Waals surface area contributed by atoms with Crippen molar-refractivity contribution >= 4 is 0 Å². The molecule has 0 aliphatic carbocycles. The monoisotopic (exact) mass is 332 g/mol. The second-order valence-electron chi connectivity index (χ2n) is 6.24. The maximum absolute atomic E-state index is 5.95. The average Bonchev–Trinajstić information content (AvgIpc) is 3.05. The highest BCUT2D eigenvalue weighted by Gasteiger charge is 2.17. The third kappa shape index (κ3) is 4.76. The van der Waals surface area contributed by atoms with Crippen LogP contribution in [0.1, 0.15) is 31.2 Å². The molecule has 1 aromatic carbocycles. The second-order valence-corrected chi connectivity index (χ2v) is 6.24. The second kappa shape index (κ2) is 8.76. The van der Waals surface area contributed by atoms with E-state index < -0.39 is 0 Å². The van der Waals surface area contributed by atoms with Crippen molar-refractivity contribution in [3.63, 3.8) is 0 Å². The summed E-state index contributed by atoms with van der Waals surface area (Å²) in [4.78, 5) is 2.14. The SMILES string of the molecule is COc1cccc(CNCC(c2ccco2)N(C)C)c1OC(C)C. The number of hydrogen-bond acceptors (Lipinski definition) is 5. The predicted octanol–water partition coefficient (Wildman–Crippen LogP) is 3.47. The van der Waals surface area contributed by atoms with Gasteiger partial charge in [0.1, 0.15) is 5.76 Å². The number of hydrogen-bond donors (Lipinski definition) is 1. The Morgan fingerprint density at radius 1 is 1.17 bits per heavy atom. The van der Waals surface area contributed by atoms with E-state index in [0.29, 0.717) is 6.54 Å². The average molecular weight is 332 g/mol. The Morgan fingerprint density at radius 2 is 1.96 bits per heavy atom. The van der Waals surface area contributed by atoms with E-state index >= 15 is 0 Å². The highest BCUT2D eigenvalue weighted by atomic mass is 16.5. The van der Waals surface area contributed by atoms with E-state index in [1.54, 1.807) is 13.4 Å². The summed E-state index contributed by atoms with van der Waals surface area (Å²) in [6.45, 7) is 5.51. The van der Waals surface area contributed by atoms with Gasteiger partial charge in [-0.25, -0.2) is 0 Å². The minimum Gasteiger partial charge on any atom is -0.493 e. The van der Waals surface area contributed by atoms with Crippen LogP contribution in [-0.2, 0) is 6.54 Å². The molecule has 0 radical (unpaired) electrons. The van der Waals surface area contributed by atoms with E-state index in [1.165, 1.54) is 0 Å². The first-order valence-corrected chi connectivity index (χ1v) is 8.26. The molecule has 0 saturated carbocycles. The van der Waals surface area contributed by atoms with Crippen LogP contribution in [-0.4, -0.2) is 38.8 Å². The third-order valence-electron chi connectivity index (χ3n) is 3.78. The molecule has 2 rings (SSSR count). The van der Waals surface area contributed by atoms with Crippen LogP contribution in [0.15, 0.2) is 41.0 Å². The topological polar surface area (TPSA) is 46.9 Å². The van der Waals surface area contributed by atoms with Crippen molar-refractivity contribution < 1.29 is 13.9 Å². The van der Waals surface area contributed by atoms with Gasteiger partial charge in [0.2, 0.25) is 0 Å². The third-order valence-corrected chi connectivity index (χ3v) is 3.78. The lowest BCUT2D eigenvalue weighted by atomic mass is 10.1. The molecule has 2 aromatic rings. The maximum Gasteiger partial charge on any atom is 0.166 e. The molecule has 1 heterocycles. The molecule has 0 aliphatic rings. The van der Waals surface area contributed by atoms with Gasteiger partial charge in [0, 0.05) is 18.7 Å². The van der Waals surface area contributed by atoms with E-state index in [0.717, 1.165) is 29.4 Å². The van der Waals surface area contributed by atoms with Crippen LogP contribution in [0.5, 0.6) is 11.5 Å². The van der Waals surface area contributed by atoms with Crippen LogP contribution >= 0.6 is 0 Å². The number of methoxy groups -OCH3 is 1. The quantitative estimate of drug-likeness (QED) is 0.762. The molecule has 132 valence electrons. The molecule has 1 aromatic heterocycles. The highest BCUT2D eigenvalue weighted by molar-refractivity contribution is 5.46. The van der Waals surface area contributed by atoms with Gasteiger partial charge in [-0.1, -0.05) is 12.1 Å². The lowest BCUT2D eigenvalue weighted by Crippen LogP contribution is -2.30. The van der Waals surface area contributed by atoms with Crippen LogP contribution in [0.3, 0.4) is 0 Å². The molecule has 0 amide bonds. The first kappa shape index (κ1) is 18.4. The van der Waals surface area contributed by atoms with Gasteiger partial charge in [0.25, 0.3) is 0 Å². The molecule has 0 aliphatic heterocycles. The van der Waals surface area contributed by atoms with Crippen molar-refractivity contribution in [2.24, 2.45) is 0 Å². The molecule has 5 nitrogen and oxygen atoms in total. The molecule has 1 unspecified atom stereocenters. The summed E-state index contributed by atoms with van der Waals surface area (Å²) in [5.41, 5.74) is 1.08. The largest absolute Gasteiger partial charge is 0.493 e. The molecule has 1 N–H and O–H groups in total. The molecule has 0 saturated heterocycles. The number of nitrogens with one attached hydrogen (secondary N) is 1. The van der Waals surface area contributed by atoms with Crippen molar-refractivity contribution in [3.05, 3.63) is 47.9 Å². The van der Waals surface area contributed by atoms with Gasteiger partial charge >= 0.3 is 0 Å². The molecule has 1 atom stereocenters. The van der Waals surface area contributed by atoms with Crippen LogP contribution in [0.25, 0.3) is 0 Å². The van der Waals surface area contributed by atoms with Crippen molar-refractivity contribution in [1.29, 1.82) is 0 Å². The first-order valence-electron chi connectivity index (χ1n) is 8.26. The first-order chi connectivity index (χ1) is 11.5. The Balaban J connectivity index is 2.05. The van der Waals surface area contributed by atoms with Gasteiger partial charge < -0.3 is 19.2 Å². The van der Waals surface area contributed by atoms with Gasteiger partial charge in [-0.15, -0.1) is 0 Å². The number of rotatable bonds is 9. The van der Waals surface area contributed by atoms with E-state index in [4.69, 9.17) is 13.9 Å².